The molecular formula is C16H29NO. The molecule has 0 saturated carbocycles. The molecule has 0 amide bonds. The fraction of sp³-hybridized carbons (Fsp3) is 0.750. The molecule has 0 saturated heterocycles. The van der Waals surface area contributed by atoms with Gasteiger partial charge in [-0.3, -0.25) is 0 Å². The van der Waals surface area contributed by atoms with Crippen molar-refractivity contribution in [2.75, 3.05) is 6.61 Å². The van der Waals surface area contributed by atoms with E-state index in [9.17, 15) is 0 Å². The Balaban J connectivity index is 1.84. The largest absolute Gasteiger partial charge is 0.402 e. The maximum Gasteiger partial charge on any atom is 0.0813 e. The van der Waals surface area contributed by atoms with E-state index in [0.717, 1.165) is 18.7 Å². The van der Waals surface area contributed by atoms with E-state index in [0.29, 0.717) is 0 Å². The molecule has 1 unspecified atom stereocenters. The maximum absolute atomic E-state index is 5.79. The number of hydrogen-bond donors (Lipinski definition) is 1. The quantitative estimate of drug-likeness (QED) is 0.587. The number of nitrogens with two attached hydrogens (primary N) is 1. The molecule has 0 spiro atoms. The first-order valence-corrected chi connectivity index (χ1v) is 7.57. The van der Waals surface area contributed by atoms with Crippen molar-refractivity contribution in [3.63, 3.8) is 0 Å². The van der Waals surface area contributed by atoms with Crippen LogP contribution in [0.3, 0.4) is 0 Å². The fourth-order valence-electron chi connectivity index (χ4n) is 2.26. The van der Waals surface area contributed by atoms with Gasteiger partial charge in [0.1, 0.15) is 0 Å². The molecule has 0 radical (unpaired) electrons. The molecule has 1 aliphatic carbocycles. The van der Waals surface area contributed by atoms with E-state index in [4.69, 9.17) is 10.5 Å². The van der Waals surface area contributed by atoms with Gasteiger partial charge in [-0.25, -0.2) is 0 Å². The van der Waals surface area contributed by atoms with E-state index in [2.05, 4.69) is 13.0 Å². The fourth-order valence-corrected chi connectivity index (χ4v) is 2.26. The molecule has 1 aliphatic rings. The third kappa shape index (κ3) is 7.54. The van der Waals surface area contributed by atoms with Gasteiger partial charge in [0.05, 0.1) is 6.10 Å². The first-order valence-electron chi connectivity index (χ1n) is 7.57. The smallest absolute Gasteiger partial charge is 0.0813 e. The van der Waals surface area contributed by atoms with Gasteiger partial charge in [0.15, 0.2) is 0 Å². The van der Waals surface area contributed by atoms with Crippen molar-refractivity contribution in [1.29, 1.82) is 0 Å². The monoisotopic (exact) mass is 251 g/mol. The lowest BCUT2D eigenvalue weighted by Crippen LogP contribution is -2.17. The van der Waals surface area contributed by atoms with Gasteiger partial charge >= 0.3 is 0 Å². The SMILES string of the molecule is CCCCCCCCCCOC1C=CC=C(N)C1. The number of allylic oxidation sites excluding steroid dienone is 2. The summed E-state index contributed by atoms with van der Waals surface area (Å²) in [7, 11) is 0. The molecule has 0 heterocycles. The predicted molar refractivity (Wildman–Crippen MR) is 78.4 cm³/mol. The Hall–Kier alpha value is -0.760. The van der Waals surface area contributed by atoms with Gasteiger partial charge in [-0.05, 0) is 12.5 Å². The highest BCUT2D eigenvalue weighted by Gasteiger charge is 2.08. The topological polar surface area (TPSA) is 35.2 Å². The van der Waals surface area contributed by atoms with Crippen LogP contribution in [0.1, 0.15) is 64.7 Å². The molecule has 1 rings (SSSR count). The van der Waals surface area contributed by atoms with Gasteiger partial charge in [0.25, 0.3) is 0 Å². The number of rotatable bonds is 10. The number of unbranched alkanes of at least 4 members (excludes halogenated alkanes) is 7. The molecule has 0 aromatic carbocycles. The molecule has 2 N–H and O–H groups in total. The van der Waals surface area contributed by atoms with Crippen molar-refractivity contribution in [2.24, 2.45) is 5.73 Å². The van der Waals surface area contributed by atoms with E-state index in [-0.39, 0.29) is 6.10 Å². The zero-order chi connectivity index (χ0) is 13.1. The van der Waals surface area contributed by atoms with Crippen LogP contribution < -0.4 is 5.73 Å². The summed E-state index contributed by atoms with van der Waals surface area (Å²) in [5.74, 6) is 0. The summed E-state index contributed by atoms with van der Waals surface area (Å²) in [5.41, 5.74) is 6.69. The molecule has 0 bridgehead atoms. The Kier molecular flexibility index (Phi) is 8.66. The molecule has 0 aromatic heterocycles. The summed E-state index contributed by atoms with van der Waals surface area (Å²) in [4.78, 5) is 0. The van der Waals surface area contributed by atoms with Crippen LogP contribution in [-0.2, 0) is 4.74 Å². The molecule has 0 fully saturated rings. The molecule has 0 aromatic rings. The van der Waals surface area contributed by atoms with Crippen LogP contribution in [0.2, 0.25) is 0 Å². The lowest BCUT2D eigenvalue weighted by atomic mass is 10.1. The van der Waals surface area contributed by atoms with E-state index >= 15 is 0 Å². The van der Waals surface area contributed by atoms with E-state index in [1.165, 1.54) is 51.4 Å². The Morgan fingerprint density at radius 1 is 1.11 bits per heavy atom. The van der Waals surface area contributed by atoms with Gasteiger partial charge in [0, 0.05) is 18.7 Å². The zero-order valence-electron chi connectivity index (χ0n) is 11.9. The molecule has 2 nitrogen and oxygen atoms in total. The van der Waals surface area contributed by atoms with Crippen LogP contribution in [0, 0.1) is 0 Å². The first-order chi connectivity index (χ1) is 8.83. The van der Waals surface area contributed by atoms with Crippen molar-refractivity contribution in [1.82, 2.24) is 0 Å². The average molecular weight is 251 g/mol. The van der Waals surface area contributed by atoms with Crippen LogP contribution in [0.25, 0.3) is 0 Å². The lowest BCUT2D eigenvalue weighted by molar-refractivity contribution is 0.0811. The predicted octanol–water partition coefficient (Wildman–Crippen LogP) is 4.31. The minimum Gasteiger partial charge on any atom is -0.402 e. The second-order valence-corrected chi connectivity index (χ2v) is 5.21. The van der Waals surface area contributed by atoms with Gasteiger partial charge in [-0.15, -0.1) is 0 Å². The second-order valence-electron chi connectivity index (χ2n) is 5.21. The number of hydrogen-bond acceptors (Lipinski definition) is 2. The Bertz CT molecular complexity index is 258. The molecule has 1 atom stereocenters. The maximum atomic E-state index is 5.79. The van der Waals surface area contributed by atoms with Gasteiger partial charge in [-0.1, -0.05) is 64.0 Å². The summed E-state index contributed by atoms with van der Waals surface area (Å²) in [6, 6.07) is 0. The highest BCUT2D eigenvalue weighted by atomic mass is 16.5. The summed E-state index contributed by atoms with van der Waals surface area (Å²) < 4.78 is 5.79. The summed E-state index contributed by atoms with van der Waals surface area (Å²) >= 11 is 0. The molecule has 18 heavy (non-hydrogen) atoms. The van der Waals surface area contributed by atoms with Crippen LogP contribution in [0.4, 0.5) is 0 Å². The molecular weight excluding hydrogens is 222 g/mol. The van der Waals surface area contributed by atoms with Crippen molar-refractivity contribution >= 4 is 0 Å². The van der Waals surface area contributed by atoms with Crippen LogP contribution in [0.15, 0.2) is 23.9 Å². The van der Waals surface area contributed by atoms with Gasteiger partial charge in [-0.2, -0.15) is 0 Å². The van der Waals surface area contributed by atoms with Crippen LogP contribution in [0.5, 0.6) is 0 Å². The van der Waals surface area contributed by atoms with E-state index < -0.39 is 0 Å². The summed E-state index contributed by atoms with van der Waals surface area (Å²) in [5, 5.41) is 0. The normalized spacial score (nSPS) is 18.9. The Labute approximate surface area is 112 Å². The summed E-state index contributed by atoms with van der Waals surface area (Å²) in [6.07, 6.45) is 17.9. The van der Waals surface area contributed by atoms with E-state index in [1.54, 1.807) is 0 Å². The first kappa shape index (κ1) is 15.3. The van der Waals surface area contributed by atoms with Crippen molar-refractivity contribution in [3.8, 4) is 0 Å². The Morgan fingerprint density at radius 2 is 1.78 bits per heavy atom. The third-order valence-electron chi connectivity index (χ3n) is 3.40. The van der Waals surface area contributed by atoms with Gasteiger partial charge in [0.2, 0.25) is 0 Å². The van der Waals surface area contributed by atoms with Crippen molar-refractivity contribution in [3.05, 3.63) is 23.9 Å². The highest BCUT2D eigenvalue weighted by molar-refractivity contribution is 5.18. The average Bonchev–Trinajstić information content (AvgIpc) is 2.37. The standard InChI is InChI=1S/C16H29NO/c1-2-3-4-5-6-7-8-9-13-18-16-12-10-11-15(17)14-16/h10-12,16H,2-9,13-14,17H2,1H3. The van der Waals surface area contributed by atoms with E-state index in [1.807, 2.05) is 12.2 Å². The number of ether oxygens (including phenoxy) is 1. The minimum absolute atomic E-state index is 0.208. The third-order valence-corrected chi connectivity index (χ3v) is 3.40. The Morgan fingerprint density at radius 3 is 2.44 bits per heavy atom. The molecule has 104 valence electrons. The zero-order valence-corrected chi connectivity index (χ0v) is 11.9. The minimum atomic E-state index is 0.208. The van der Waals surface area contributed by atoms with Crippen molar-refractivity contribution in [2.45, 2.75) is 70.8 Å². The lowest BCUT2D eigenvalue weighted by Gasteiger charge is -2.16. The highest BCUT2D eigenvalue weighted by Crippen LogP contribution is 2.13. The molecule has 0 aliphatic heterocycles. The van der Waals surface area contributed by atoms with Crippen LogP contribution in [-0.4, -0.2) is 12.7 Å². The summed E-state index contributed by atoms with van der Waals surface area (Å²) in [6.45, 7) is 3.14. The van der Waals surface area contributed by atoms with Crippen molar-refractivity contribution < 1.29 is 4.74 Å². The van der Waals surface area contributed by atoms with Gasteiger partial charge < -0.3 is 10.5 Å². The van der Waals surface area contributed by atoms with Crippen LogP contribution >= 0.6 is 0 Å². The second kappa shape index (κ2) is 10.2. The molecule has 2 heteroatoms.